The lowest BCUT2D eigenvalue weighted by atomic mass is 10.0. The van der Waals surface area contributed by atoms with Gasteiger partial charge in [0, 0.05) is 24.5 Å². The second-order valence-corrected chi connectivity index (χ2v) is 8.52. The Labute approximate surface area is 162 Å². The highest BCUT2D eigenvalue weighted by Crippen LogP contribution is 2.39. The van der Waals surface area contributed by atoms with Crippen molar-refractivity contribution in [3.63, 3.8) is 0 Å². The zero-order chi connectivity index (χ0) is 17.6. The van der Waals surface area contributed by atoms with Crippen LogP contribution >= 0.6 is 27.3 Å². The fraction of sp³-hybridized carbons (Fsp3) is 0.474. The molecule has 1 unspecified atom stereocenters. The van der Waals surface area contributed by atoms with Crippen molar-refractivity contribution in [3.8, 4) is 11.5 Å². The van der Waals surface area contributed by atoms with Crippen molar-refractivity contribution in [2.75, 3.05) is 39.9 Å². The standard InChI is InChI=1S/C19H25BrN2O2S/c1-3-24-16-13-14(5-6-15(16)23-2)19(17-7-8-18(20)25-17)22-11-4-9-21-10-12-22/h5-8,13,19,21H,3-4,9-12H2,1-2H3. The summed E-state index contributed by atoms with van der Waals surface area (Å²) in [5, 5.41) is 3.50. The maximum atomic E-state index is 5.81. The highest BCUT2D eigenvalue weighted by molar-refractivity contribution is 9.11. The number of nitrogens with one attached hydrogen (secondary N) is 1. The van der Waals surface area contributed by atoms with E-state index < -0.39 is 0 Å². The molecule has 1 atom stereocenters. The molecular weight excluding hydrogens is 400 g/mol. The van der Waals surface area contributed by atoms with Crippen LogP contribution in [-0.4, -0.2) is 44.8 Å². The largest absolute Gasteiger partial charge is 0.493 e. The first-order valence-electron chi connectivity index (χ1n) is 8.73. The molecule has 0 radical (unpaired) electrons. The first kappa shape index (κ1) is 18.7. The fourth-order valence-electron chi connectivity index (χ4n) is 3.29. The third-order valence-corrected chi connectivity index (χ3v) is 6.08. The van der Waals surface area contributed by atoms with Crippen molar-refractivity contribution >= 4 is 27.3 Å². The molecule has 2 heterocycles. The first-order chi connectivity index (χ1) is 12.2. The van der Waals surface area contributed by atoms with Crippen molar-refractivity contribution in [1.29, 1.82) is 0 Å². The average molecular weight is 425 g/mol. The molecule has 2 aromatic rings. The predicted octanol–water partition coefficient (Wildman–Crippen LogP) is 4.30. The Hall–Kier alpha value is -1.08. The Balaban J connectivity index is 2.00. The van der Waals surface area contributed by atoms with E-state index in [4.69, 9.17) is 9.47 Å². The Morgan fingerprint density at radius 3 is 2.80 bits per heavy atom. The van der Waals surface area contributed by atoms with Gasteiger partial charge in [-0.25, -0.2) is 0 Å². The van der Waals surface area contributed by atoms with Gasteiger partial charge in [-0.1, -0.05) is 6.07 Å². The minimum absolute atomic E-state index is 0.237. The second-order valence-electron chi connectivity index (χ2n) is 6.03. The van der Waals surface area contributed by atoms with Crippen LogP contribution in [0.1, 0.15) is 29.8 Å². The minimum Gasteiger partial charge on any atom is -0.493 e. The number of methoxy groups -OCH3 is 1. The molecule has 25 heavy (non-hydrogen) atoms. The highest BCUT2D eigenvalue weighted by atomic mass is 79.9. The van der Waals surface area contributed by atoms with Gasteiger partial charge in [-0.2, -0.15) is 0 Å². The number of ether oxygens (including phenoxy) is 2. The molecule has 3 rings (SSSR count). The topological polar surface area (TPSA) is 33.7 Å². The van der Waals surface area contributed by atoms with Crippen LogP contribution in [0.4, 0.5) is 0 Å². The number of thiophene rings is 1. The van der Waals surface area contributed by atoms with E-state index in [0.717, 1.165) is 44.1 Å². The lowest BCUT2D eigenvalue weighted by molar-refractivity contribution is 0.242. The van der Waals surface area contributed by atoms with Crippen molar-refractivity contribution in [2.45, 2.75) is 19.4 Å². The zero-order valence-electron chi connectivity index (χ0n) is 14.8. The van der Waals surface area contributed by atoms with Gasteiger partial charge in [0.2, 0.25) is 0 Å². The van der Waals surface area contributed by atoms with E-state index in [1.54, 1.807) is 18.4 Å². The number of nitrogens with zero attached hydrogens (tertiary/aromatic N) is 1. The molecule has 1 saturated heterocycles. The molecular formula is C19H25BrN2O2S. The van der Waals surface area contributed by atoms with Gasteiger partial charge >= 0.3 is 0 Å². The molecule has 6 heteroatoms. The normalized spacial score (nSPS) is 17.1. The second kappa shape index (κ2) is 9.03. The molecule has 1 aromatic carbocycles. The van der Waals surface area contributed by atoms with E-state index in [1.165, 1.54) is 14.2 Å². The molecule has 1 aliphatic heterocycles. The van der Waals surface area contributed by atoms with E-state index in [9.17, 15) is 0 Å². The first-order valence-corrected chi connectivity index (χ1v) is 10.3. The van der Waals surface area contributed by atoms with Gasteiger partial charge < -0.3 is 14.8 Å². The number of benzene rings is 1. The summed E-state index contributed by atoms with van der Waals surface area (Å²) < 4.78 is 12.4. The maximum Gasteiger partial charge on any atom is 0.161 e. The van der Waals surface area contributed by atoms with Crippen LogP contribution in [0.5, 0.6) is 11.5 Å². The summed E-state index contributed by atoms with van der Waals surface area (Å²) >= 11 is 5.42. The SMILES string of the molecule is CCOc1cc(C(c2ccc(Br)s2)N2CCCNCC2)ccc1OC. The van der Waals surface area contributed by atoms with E-state index >= 15 is 0 Å². The van der Waals surface area contributed by atoms with E-state index in [0.29, 0.717) is 6.61 Å². The molecule has 0 saturated carbocycles. The molecule has 1 aromatic heterocycles. The monoisotopic (exact) mass is 424 g/mol. The Morgan fingerprint density at radius 2 is 2.08 bits per heavy atom. The molecule has 136 valence electrons. The minimum atomic E-state index is 0.237. The van der Waals surface area contributed by atoms with Crippen molar-refractivity contribution in [2.24, 2.45) is 0 Å². The van der Waals surface area contributed by atoms with E-state index in [-0.39, 0.29) is 6.04 Å². The number of halogens is 1. The molecule has 0 aliphatic carbocycles. The number of hydrogen-bond donors (Lipinski definition) is 1. The zero-order valence-corrected chi connectivity index (χ0v) is 17.2. The van der Waals surface area contributed by atoms with Crippen molar-refractivity contribution in [1.82, 2.24) is 10.2 Å². The van der Waals surface area contributed by atoms with Crippen LogP contribution < -0.4 is 14.8 Å². The van der Waals surface area contributed by atoms with Gasteiger partial charge in [0.15, 0.2) is 11.5 Å². The summed E-state index contributed by atoms with van der Waals surface area (Å²) in [5.74, 6) is 1.60. The lowest BCUT2D eigenvalue weighted by Gasteiger charge is -2.30. The molecule has 0 amide bonds. The summed E-state index contributed by atoms with van der Waals surface area (Å²) in [6.07, 6.45) is 1.16. The Kier molecular flexibility index (Phi) is 6.76. The number of rotatable bonds is 6. The van der Waals surface area contributed by atoms with Gasteiger partial charge in [0.05, 0.1) is 23.5 Å². The van der Waals surface area contributed by atoms with Gasteiger partial charge in [0.1, 0.15) is 0 Å². The molecule has 1 N–H and O–H groups in total. The Bertz CT molecular complexity index is 684. The summed E-state index contributed by atoms with van der Waals surface area (Å²) in [7, 11) is 1.69. The average Bonchev–Trinajstić information content (AvgIpc) is 2.87. The smallest absolute Gasteiger partial charge is 0.161 e. The van der Waals surface area contributed by atoms with Crippen molar-refractivity contribution in [3.05, 3.63) is 44.6 Å². The molecule has 1 aliphatic rings. The van der Waals surface area contributed by atoms with Gasteiger partial charge in [-0.05, 0) is 65.6 Å². The molecule has 0 bridgehead atoms. The Morgan fingerprint density at radius 1 is 1.20 bits per heavy atom. The molecule has 0 spiro atoms. The van der Waals surface area contributed by atoms with Crippen LogP contribution in [0, 0.1) is 0 Å². The third-order valence-electron chi connectivity index (χ3n) is 4.41. The van der Waals surface area contributed by atoms with Crippen LogP contribution in [0.3, 0.4) is 0 Å². The van der Waals surface area contributed by atoms with Gasteiger partial charge in [0.25, 0.3) is 0 Å². The van der Waals surface area contributed by atoms with E-state index in [1.807, 2.05) is 13.0 Å². The van der Waals surface area contributed by atoms with E-state index in [2.05, 4.69) is 50.4 Å². The van der Waals surface area contributed by atoms with Crippen LogP contribution in [0.2, 0.25) is 0 Å². The predicted molar refractivity (Wildman–Crippen MR) is 107 cm³/mol. The fourth-order valence-corrected chi connectivity index (χ4v) is 4.87. The van der Waals surface area contributed by atoms with Crippen molar-refractivity contribution < 1.29 is 9.47 Å². The summed E-state index contributed by atoms with van der Waals surface area (Å²) in [4.78, 5) is 3.91. The quantitative estimate of drug-likeness (QED) is 0.748. The molecule has 4 nitrogen and oxygen atoms in total. The van der Waals surface area contributed by atoms with Gasteiger partial charge in [-0.3, -0.25) is 4.90 Å². The number of hydrogen-bond acceptors (Lipinski definition) is 5. The molecule has 1 fully saturated rings. The van der Waals surface area contributed by atoms with Crippen LogP contribution in [0.25, 0.3) is 0 Å². The lowest BCUT2D eigenvalue weighted by Crippen LogP contribution is -2.32. The maximum absolute atomic E-state index is 5.81. The summed E-state index contributed by atoms with van der Waals surface area (Å²) in [6.45, 7) is 6.87. The summed E-state index contributed by atoms with van der Waals surface area (Å²) in [5.41, 5.74) is 1.25. The van der Waals surface area contributed by atoms with Gasteiger partial charge in [-0.15, -0.1) is 11.3 Å². The van der Waals surface area contributed by atoms with Crippen LogP contribution in [0.15, 0.2) is 34.1 Å². The highest BCUT2D eigenvalue weighted by Gasteiger charge is 2.25. The van der Waals surface area contributed by atoms with Crippen LogP contribution in [-0.2, 0) is 0 Å². The summed E-state index contributed by atoms with van der Waals surface area (Å²) in [6, 6.07) is 10.9. The third kappa shape index (κ3) is 4.56.